The summed E-state index contributed by atoms with van der Waals surface area (Å²) in [5.74, 6) is -0.821. The number of piperidine rings is 1. The summed E-state index contributed by atoms with van der Waals surface area (Å²) in [7, 11) is 0. The molecule has 0 bridgehead atoms. The van der Waals surface area contributed by atoms with Crippen molar-refractivity contribution in [1.29, 1.82) is 0 Å². The molecule has 6 nitrogen and oxygen atoms in total. The van der Waals surface area contributed by atoms with Crippen molar-refractivity contribution in [3.8, 4) is 5.75 Å². The minimum absolute atomic E-state index is 0.116. The Morgan fingerprint density at radius 3 is 2.68 bits per heavy atom. The lowest BCUT2D eigenvalue weighted by Crippen LogP contribution is -2.49. The van der Waals surface area contributed by atoms with Gasteiger partial charge in [0.05, 0.1) is 35.0 Å². The second-order valence-corrected chi connectivity index (χ2v) is 7.45. The Hall–Kier alpha value is -3.20. The molecule has 4 rings (SSSR count). The van der Waals surface area contributed by atoms with Gasteiger partial charge in [0, 0.05) is 12.1 Å². The van der Waals surface area contributed by atoms with Crippen molar-refractivity contribution < 1.29 is 22.7 Å². The fourth-order valence-corrected chi connectivity index (χ4v) is 3.90. The molecule has 0 saturated carbocycles. The van der Waals surface area contributed by atoms with Gasteiger partial charge in [-0.05, 0) is 49.6 Å². The summed E-state index contributed by atoms with van der Waals surface area (Å²) >= 11 is 0. The van der Waals surface area contributed by atoms with Crippen molar-refractivity contribution in [2.24, 2.45) is 5.73 Å². The summed E-state index contributed by atoms with van der Waals surface area (Å²) < 4.78 is 41.6. The zero-order valence-corrected chi connectivity index (χ0v) is 16.5. The van der Waals surface area contributed by atoms with Crippen molar-refractivity contribution in [3.63, 3.8) is 0 Å². The predicted molar refractivity (Wildman–Crippen MR) is 108 cm³/mol. The molecule has 1 amide bonds. The summed E-state index contributed by atoms with van der Waals surface area (Å²) in [5.41, 5.74) is 8.65. The number of benzene rings is 2. The molecule has 1 aromatic heterocycles. The quantitative estimate of drug-likeness (QED) is 0.670. The number of nitrogens with zero attached hydrogens (tertiary/aromatic N) is 3. The first-order valence-corrected chi connectivity index (χ1v) is 9.96. The molecule has 1 fully saturated rings. The third kappa shape index (κ3) is 4.77. The average molecular weight is 430 g/mol. The number of rotatable bonds is 4. The molecule has 2 N–H and O–H groups in total. The van der Waals surface area contributed by atoms with Crippen LogP contribution in [0, 0.1) is 0 Å². The minimum Gasteiger partial charge on any atom is -0.406 e. The molecular formula is C22H21F3N4O2. The maximum absolute atomic E-state index is 13.2. The van der Waals surface area contributed by atoms with Crippen molar-refractivity contribution in [2.45, 2.75) is 37.7 Å². The van der Waals surface area contributed by atoms with Gasteiger partial charge in [0.25, 0.3) is 5.91 Å². The first-order valence-electron chi connectivity index (χ1n) is 9.96. The Bertz CT molecular complexity index is 1090. The number of amides is 1. The first kappa shape index (κ1) is 21.0. The number of fused-ring (bicyclic) bond motifs is 1. The summed E-state index contributed by atoms with van der Waals surface area (Å²) in [6.45, 7) is 0.461. The number of hydrogen-bond donors (Lipinski definition) is 1. The summed E-state index contributed by atoms with van der Waals surface area (Å²) in [6.07, 6.45) is -0.869. The van der Waals surface area contributed by atoms with E-state index in [1.54, 1.807) is 11.1 Å². The predicted octanol–water partition coefficient (Wildman–Crippen LogP) is 4.22. The number of para-hydroxylation sites is 2. The van der Waals surface area contributed by atoms with E-state index in [-0.39, 0.29) is 17.5 Å². The lowest BCUT2D eigenvalue weighted by molar-refractivity contribution is -0.274. The fourth-order valence-electron chi connectivity index (χ4n) is 3.90. The maximum Gasteiger partial charge on any atom is 0.573 e. The largest absolute Gasteiger partial charge is 0.573 e. The second-order valence-electron chi connectivity index (χ2n) is 7.45. The van der Waals surface area contributed by atoms with Gasteiger partial charge in [0.2, 0.25) is 0 Å². The molecule has 3 aromatic rings. The van der Waals surface area contributed by atoms with E-state index in [0.29, 0.717) is 24.2 Å². The Kier molecular flexibility index (Phi) is 5.77. The highest BCUT2D eigenvalue weighted by Crippen LogP contribution is 2.29. The number of nitrogens with two attached hydrogens (primary N) is 1. The van der Waals surface area contributed by atoms with E-state index < -0.39 is 18.2 Å². The van der Waals surface area contributed by atoms with E-state index >= 15 is 0 Å². The van der Waals surface area contributed by atoms with Gasteiger partial charge < -0.3 is 15.4 Å². The molecule has 162 valence electrons. The lowest BCUT2D eigenvalue weighted by atomic mass is 9.93. The molecule has 31 heavy (non-hydrogen) atoms. The molecule has 2 atom stereocenters. The van der Waals surface area contributed by atoms with Gasteiger partial charge in [-0.25, -0.2) is 4.98 Å². The van der Waals surface area contributed by atoms with Crippen LogP contribution in [0.1, 0.15) is 41.4 Å². The van der Waals surface area contributed by atoms with E-state index in [2.05, 4.69) is 14.7 Å². The van der Waals surface area contributed by atoms with Gasteiger partial charge >= 0.3 is 6.36 Å². The molecular weight excluding hydrogens is 409 g/mol. The van der Waals surface area contributed by atoms with Crippen LogP contribution in [0.5, 0.6) is 5.75 Å². The molecule has 0 aliphatic carbocycles. The highest BCUT2D eigenvalue weighted by atomic mass is 19.4. The zero-order chi connectivity index (χ0) is 22.0. The van der Waals surface area contributed by atoms with Crippen LogP contribution in [-0.2, 0) is 0 Å². The van der Waals surface area contributed by atoms with Crippen LogP contribution < -0.4 is 10.5 Å². The summed E-state index contributed by atoms with van der Waals surface area (Å²) in [4.78, 5) is 23.8. The fraction of sp³-hybridized carbons (Fsp3) is 0.318. The van der Waals surface area contributed by atoms with E-state index in [0.717, 1.165) is 30.5 Å². The van der Waals surface area contributed by atoms with Gasteiger partial charge in [-0.1, -0.05) is 18.2 Å². The molecule has 9 heteroatoms. The Labute approximate surface area is 176 Å². The summed E-state index contributed by atoms with van der Waals surface area (Å²) in [5, 5.41) is 0. The third-order valence-electron chi connectivity index (χ3n) is 5.35. The van der Waals surface area contributed by atoms with Crippen LogP contribution in [-0.4, -0.2) is 39.7 Å². The second kappa shape index (κ2) is 8.50. The standard InChI is InChI=1S/C22H21F3N4O2/c23-22(24,25)31-15-7-5-6-14(12-15)21(30)29-11-4-3-10-19(29)20(26)18-13-27-16-8-1-2-9-17(16)28-18/h1-2,5-9,12-13,19-20H,3-4,10-11,26H2. The number of aromatic nitrogens is 2. The Morgan fingerprint density at radius 2 is 1.90 bits per heavy atom. The third-order valence-corrected chi connectivity index (χ3v) is 5.35. The maximum atomic E-state index is 13.2. The molecule has 2 aromatic carbocycles. The molecule has 1 aliphatic heterocycles. The van der Waals surface area contributed by atoms with Crippen LogP contribution in [0.2, 0.25) is 0 Å². The number of halogens is 3. The van der Waals surface area contributed by atoms with Gasteiger partial charge in [-0.3, -0.25) is 9.78 Å². The van der Waals surface area contributed by atoms with E-state index in [9.17, 15) is 18.0 Å². The number of ether oxygens (including phenoxy) is 1. The van der Waals surface area contributed by atoms with Crippen LogP contribution in [0.15, 0.2) is 54.7 Å². The Balaban J connectivity index is 1.59. The van der Waals surface area contributed by atoms with E-state index in [4.69, 9.17) is 5.73 Å². The lowest BCUT2D eigenvalue weighted by Gasteiger charge is -2.39. The Morgan fingerprint density at radius 1 is 1.13 bits per heavy atom. The molecule has 2 heterocycles. The van der Waals surface area contributed by atoms with Gasteiger partial charge in [0.15, 0.2) is 0 Å². The van der Waals surface area contributed by atoms with E-state index in [1.807, 2.05) is 24.3 Å². The van der Waals surface area contributed by atoms with Crippen molar-refractivity contribution in [3.05, 3.63) is 66.0 Å². The minimum atomic E-state index is -4.83. The van der Waals surface area contributed by atoms with Gasteiger partial charge in [-0.2, -0.15) is 0 Å². The van der Waals surface area contributed by atoms with E-state index in [1.165, 1.54) is 12.1 Å². The molecule has 0 radical (unpaired) electrons. The molecule has 2 unspecified atom stereocenters. The number of hydrogen-bond acceptors (Lipinski definition) is 5. The van der Waals surface area contributed by atoms with Crippen molar-refractivity contribution >= 4 is 16.9 Å². The van der Waals surface area contributed by atoms with Crippen molar-refractivity contribution in [2.75, 3.05) is 6.54 Å². The SMILES string of the molecule is NC(c1cnc2ccccc2n1)C1CCCCN1C(=O)c1cccc(OC(F)(F)F)c1. The average Bonchev–Trinajstić information content (AvgIpc) is 2.77. The normalized spacial score (nSPS) is 18.1. The number of carbonyl (C=O) groups excluding carboxylic acids is 1. The topological polar surface area (TPSA) is 81.3 Å². The molecule has 0 spiro atoms. The first-order chi connectivity index (χ1) is 14.8. The molecule has 1 aliphatic rings. The highest BCUT2D eigenvalue weighted by Gasteiger charge is 2.34. The van der Waals surface area contributed by atoms with Crippen LogP contribution in [0.25, 0.3) is 11.0 Å². The van der Waals surface area contributed by atoms with Crippen LogP contribution in [0.4, 0.5) is 13.2 Å². The summed E-state index contributed by atoms with van der Waals surface area (Å²) in [6, 6.07) is 11.6. The van der Waals surface area contributed by atoms with Gasteiger partial charge in [-0.15, -0.1) is 13.2 Å². The monoisotopic (exact) mass is 430 g/mol. The molecule has 1 saturated heterocycles. The van der Waals surface area contributed by atoms with Crippen LogP contribution >= 0.6 is 0 Å². The zero-order valence-electron chi connectivity index (χ0n) is 16.5. The highest BCUT2D eigenvalue weighted by molar-refractivity contribution is 5.95. The van der Waals surface area contributed by atoms with Gasteiger partial charge in [0.1, 0.15) is 5.75 Å². The van der Waals surface area contributed by atoms with Crippen LogP contribution in [0.3, 0.4) is 0 Å². The smallest absolute Gasteiger partial charge is 0.406 e. The number of alkyl halides is 3. The number of carbonyl (C=O) groups is 1. The number of likely N-dealkylation sites (tertiary alicyclic amines) is 1. The van der Waals surface area contributed by atoms with Crippen molar-refractivity contribution in [1.82, 2.24) is 14.9 Å².